The van der Waals surface area contributed by atoms with Gasteiger partial charge in [0.15, 0.2) is 0 Å². The molecule has 0 heterocycles. The molecule has 2 heteroatoms. The second-order valence-corrected chi connectivity index (χ2v) is 4.01. The van der Waals surface area contributed by atoms with E-state index in [2.05, 4.69) is 23.7 Å². The van der Waals surface area contributed by atoms with Crippen LogP contribution in [-0.2, 0) is 0 Å². The molecule has 0 aromatic heterocycles. The van der Waals surface area contributed by atoms with Crippen LogP contribution in [0.5, 0.6) is 5.75 Å². The van der Waals surface area contributed by atoms with E-state index in [1.165, 1.54) is 0 Å². The van der Waals surface area contributed by atoms with Crippen molar-refractivity contribution >= 4 is 5.69 Å². The average Bonchev–Trinajstić information content (AvgIpc) is 2.44. The van der Waals surface area contributed by atoms with Gasteiger partial charge in [-0.2, -0.15) is 0 Å². The van der Waals surface area contributed by atoms with Gasteiger partial charge in [0.25, 0.3) is 0 Å². The normalized spacial score (nSPS) is 9.40. The molecule has 0 fully saturated rings. The summed E-state index contributed by atoms with van der Waals surface area (Å²) in [6.45, 7) is 0. The predicted molar refractivity (Wildman–Crippen MR) is 81.9 cm³/mol. The quantitative estimate of drug-likeness (QED) is 0.564. The lowest BCUT2D eigenvalue weighted by Crippen LogP contribution is -1.87. The number of anilines is 1. The van der Waals surface area contributed by atoms with Crippen molar-refractivity contribution in [3.8, 4) is 29.4 Å². The van der Waals surface area contributed by atoms with Crippen LogP contribution in [0.2, 0.25) is 0 Å². The number of phenolic OH excluding ortho intramolecular Hbond substituents is 1. The molecule has 3 N–H and O–H groups in total. The molecule has 0 radical (unpaired) electrons. The molecule has 0 aliphatic rings. The monoisotopic (exact) mass is 259 g/mol. The van der Waals surface area contributed by atoms with Crippen molar-refractivity contribution in [2.45, 2.75) is 0 Å². The number of para-hydroxylation sites is 1. The number of hydrogen-bond acceptors (Lipinski definition) is 2. The maximum Gasteiger partial charge on any atom is 0.116 e. The largest absolute Gasteiger partial charge is 0.508 e. The minimum atomic E-state index is 0.208. The highest BCUT2D eigenvalue weighted by Crippen LogP contribution is 2.09. The summed E-state index contributed by atoms with van der Waals surface area (Å²) in [5.41, 5.74) is 8.00. The van der Waals surface area contributed by atoms with E-state index in [4.69, 9.17) is 5.73 Å². The first-order chi connectivity index (χ1) is 9.75. The molecular formula is C18H13NO. The van der Waals surface area contributed by atoms with Crippen LogP contribution in [0.15, 0.2) is 60.7 Å². The Morgan fingerprint density at radius 1 is 0.900 bits per heavy atom. The maximum absolute atomic E-state index is 9.29. The van der Waals surface area contributed by atoms with Crippen molar-refractivity contribution in [2.24, 2.45) is 0 Å². The van der Waals surface area contributed by atoms with Gasteiger partial charge in [-0.05, 0) is 42.5 Å². The molecule has 0 spiro atoms. The summed E-state index contributed by atoms with van der Waals surface area (Å²) >= 11 is 0. The van der Waals surface area contributed by atoms with Gasteiger partial charge < -0.3 is 10.8 Å². The van der Waals surface area contributed by atoms with Crippen molar-refractivity contribution < 1.29 is 5.11 Å². The van der Waals surface area contributed by atoms with Gasteiger partial charge in [0, 0.05) is 16.8 Å². The van der Waals surface area contributed by atoms with E-state index in [-0.39, 0.29) is 5.75 Å². The molecule has 0 amide bonds. The smallest absolute Gasteiger partial charge is 0.116 e. The minimum Gasteiger partial charge on any atom is -0.508 e. The number of benzene rings is 2. The summed E-state index contributed by atoms with van der Waals surface area (Å²) in [6.07, 6.45) is 3.33. The molecule has 0 saturated carbocycles. The summed E-state index contributed by atoms with van der Waals surface area (Å²) in [5, 5.41) is 9.29. The number of aromatic hydroxyl groups is 1. The zero-order chi connectivity index (χ0) is 14.2. The first-order valence-corrected chi connectivity index (χ1v) is 6.07. The number of nitrogens with two attached hydrogens (primary N) is 1. The Kier molecular flexibility index (Phi) is 4.49. The lowest BCUT2D eigenvalue weighted by Gasteiger charge is -1.93. The molecule has 96 valence electrons. The number of rotatable bonds is 0. The Morgan fingerprint density at radius 2 is 1.65 bits per heavy atom. The zero-order valence-corrected chi connectivity index (χ0v) is 10.8. The third-order valence-corrected chi connectivity index (χ3v) is 2.48. The first-order valence-electron chi connectivity index (χ1n) is 6.07. The Morgan fingerprint density at radius 3 is 2.40 bits per heavy atom. The Labute approximate surface area is 118 Å². The molecule has 0 aliphatic heterocycles. The number of phenols is 1. The summed E-state index contributed by atoms with van der Waals surface area (Å²) in [7, 11) is 0. The van der Waals surface area contributed by atoms with E-state index >= 15 is 0 Å². The van der Waals surface area contributed by atoms with Crippen LogP contribution in [0.4, 0.5) is 5.69 Å². The van der Waals surface area contributed by atoms with Gasteiger partial charge >= 0.3 is 0 Å². The topological polar surface area (TPSA) is 46.2 Å². The highest BCUT2D eigenvalue weighted by Gasteiger charge is 1.89. The molecule has 0 atom stereocenters. The van der Waals surface area contributed by atoms with Crippen LogP contribution in [0.25, 0.3) is 0 Å². The van der Waals surface area contributed by atoms with E-state index in [1.54, 1.807) is 30.4 Å². The lowest BCUT2D eigenvalue weighted by molar-refractivity contribution is 0.475. The van der Waals surface area contributed by atoms with E-state index in [0.717, 1.165) is 11.1 Å². The van der Waals surface area contributed by atoms with Crippen LogP contribution in [-0.4, -0.2) is 5.11 Å². The second kappa shape index (κ2) is 6.73. The van der Waals surface area contributed by atoms with Gasteiger partial charge in [0.05, 0.1) is 0 Å². The van der Waals surface area contributed by atoms with Gasteiger partial charge in [-0.15, -0.1) is 0 Å². The highest BCUT2D eigenvalue weighted by molar-refractivity contribution is 5.56. The van der Waals surface area contributed by atoms with Crippen LogP contribution in [0.1, 0.15) is 11.1 Å². The molecule has 2 aromatic carbocycles. The van der Waals surface area contributed by atoms with Crippen LogP contribution >= 0.6 is 0 Å². The molecule has 20 heavy (non-hydrogen) atoms. The van der Waals surface area contributed by atoms with Gasteiger partial charge in [-0.3, -0.25) is 0 Å². The Balaban J connectivity index is 2.01. The lowest BCUT2D eigenvalue weighted by atomic mass is 10.2. The highest BCUT2D eigenvalue weighted by atomic mass is 16.3. The fourth-order valence-corrected chi connectivity index (χ4v) is 1.52. The minimum absolute atomic E-state index is 0.208. The summed E-state index contributed by atoms with van der Waals surface area (Å²) in [5.74, 6) is 11.8. The van der Waals surface area contributed by atoms with Crippen molar-refractivity contribution in [1.29, 1.82) is 0 Å². The Hall–Kier alpha value is -3.10. The van der Waals surface area contributed by atoms with E-state index < -0.39 is 0 Å². The van der Waals surface area contributed by atoms with Crippen molar-refractivity contribution in [3.05, 3.63) is 71.8 Å². The molecule has 2 nitrogen and oxygen atoms in total. The van der Waals surface area contributed by atoms with E-state index in [9.17, 15) is 5.11 Å². The van der Waals surface area contributed by atoms with Crippen LogP contribution in [0.3, 0.4) is 0 Å². The van der Waals surface area contributed by atoms with Gasteiger partial charge in [0.2, 0.25) is 0 Å². The van der Waals surface area contributed by atoms with Crippen LogP contribution in [0, 0.1) is 23.7 Å². The fourth-order valence-electron chi connectivity index (χ4n) is 1.52. The first kappa shape index (κ1) is 13.3. The molecule has 2 rings (SSSR count). The molecule has 0 aliphatic carbocycles. The van der Waals surface area contributed by atoms with Gasteiger partial charge in [0.1, 0.15) is 5.75 Å². The van der Waals surface area contributed by atoms with Gasteiger partial charge in [-0.1, -0.05) is 41.9 Å². The zero-order valence-electron chi connectivity index (χ0n) is 10.8. The summed E-state index contributed by atoms with van der Waals surface area (Å²) in [6, 6.07) is 14.2. The second-order valence-electron chi connectivity index (χ2n) is 4.01. The third kappa shape index (κ3) is 3.98. The standard InChI is InChI=1S/C18H13NO/c19-18-13-6-5-11-16(18)10-4-2-1-3-8-15-9-7-12-17(20)14-15/h1-2,5-7,9,11-14,20H,19H2/b2-1-. The number of nitrogen functional groups attached to an aromatic ring is 1. The van der Waals surface area contributed by atoms with Crippen molar-refractivity contribution in [3.63, 3.8) is 0 Å². The maximum atomic E-state index is 9.29. The SMILES string of the molecule is Nc1ccccc1C#C/C=C\C#Cc1cccc(O)c1. The van der Waals surface area contributed by atoms with Gasteiger partial charge in [-0.25, -0.2) is 0 Å². The number of allylic oxidation sites excluding steroid dienone is 2. The Bertz CT molecular complexity index is 752. The summed E-state index contributed by atoms with van der Waals surface area (Å²) < 4.78 is 0. The third-order valence-electron chi connectivity index (χ3n) is 2.48. The predicted octanol–water partition coefficient (Wildman–Crippen LogP) is 2.93. The average molecular weight is 259 g/mol. The fraction of sp³-hybridized carbons (Fsp3) is 0. The number of hydrogen-bond donors (Lipinski definition) is 2. The van der Waals surface area contributed by atoms with Crippen molar-refractivity contribution in [1.82, 2.24) is 0 Å². The molecule has 0 saturated heterocycles. The van der Waals surface area contributed by atoms with E-state index in [1.807, 2.05) is 30.3 Å². The van der Waals surface area contributed by atoms with Crippen molar-refractivity contribution in [2.75, 3.05) is 5.73 Å². The molecule has 0 bridgehead atoms. The van der Waals surface area contributed by atoms with E-state index in [0.29, 0.717) is 5.69 Å². The molecular weight excluding hydrogens is 246 g/mol. The molecule has 2 aromatic rings. The van der Waals surface area contributed by atoms with Crippen LogP contribution < -0.4 is 5.73 Å². The summed E-state index contributed by atoms with van der Waals surface area (Å²) in [4.78, 5) is 0. The molecule has 0 unspecified atom stereocenters.